The third kappa shape index (κ3) is 2.41. The maximum absolute atomic E-state index is 6.05. The van der Waals surface area contributed by atoms with Crippen LogP contribution in [0.5, 0.6) is 0 Å². The number of hydrogen-bond donors (Lipinski definition) is 1. The van der Waals surface area contributed by atoms with Gasteiger partial charge in [0.1, 0.15) is 0 Å². The number of rotatable bonds is 3. The van der Waals surface area contributed by atoms with E-state index in [9.17, 15) is 0 Å². The van der Waals surface area contributed by atoms with Gasteiger partial charge in [0.25, 0.3) is 0 Å². The fraction of sp³-hybridized carbons (Fsp3) is 0.267. The lowest BCUT2D eigenvalue weighted by molar-refractivity contribution is 0.989. The predicted octanol–water partition coefficient (Wildman–Crippen LogP) is 4.59. The first kappa shape index (κ1) is 13.5. The number of anilines is 1. The Balaban J connectivity index is 1.89. The number of aryl methyl sites for hydroxylation is 3. The first-order valence-corrected chi connectivity index (χ1v) is 7.68. The van der Waals surface area contributed by atoms with Gasteiger partial charge in [-0.05, 0) is 38.5 Å². The highest BCUT2D eigenvalue weighted by atomic mass is 35.5. The van der Waals surface area contributed by atoms with Crippen LogP contribution >= 0.6 is 22.9 Å². The van der Waals surface area contributed by atoms with Gasteiger partial charge in [0.15, 0.2) is 4.96 Å². The Morgan fingerprint density at radius 3 is 2.90 bits per heavy atom. The van der Waals surface area contributed by atoms with E-state index in [4.69, 9.17) is 11.6 Å². The molecular formula is C15H16ClN3S. The van der Waals surface area contributed by atoms with Crippen molar-refractivity contribution in [3.8, 4) is 0 Å². The topological polar surface area (TPSA) is 29.3 Å². The fourth-order valence-corrected chi connectivity index (χ4v) is 3.35. The Hall–Kier alpha value is -1.52. The Labute approximate surface area is 127 Å². The Morgan fingerprint density at radius 1 is 1.30 bits per heavy atom. The van der Waals surface area contributed by atoms with E-state index in [1.54, 1.807) is 11.3 Å². The molecule has 3 nitrogen and oxygen atoms in total. The summed E-state index contributed by atoms with van der Waals surface area (Å²) in [6.07, 6.45) is 2.14. The molecule has 0 saturated carbocycles. The van der Waals surface area contributed by atoms with Crippen LogP contribution in [-0.2, 0) is 6.54 Å². The summed E-state index contributed by atoms with van der Waals surface area (Å²) < 4.78 is 2.17. The minimum Gasteiger partial charge on any atom is -0.379 e. The summed E-state index contributed by atoms with van der Waals surface area (Å²) >= 11 is 7.77. The molecule has 0 atom stereocenters. The zero-order valence-corrected chi connectivity index (χ0v) is 13.3. The number of nitrogens with one attached hydrogen (secondary N) is 1. The van der Waals surface area contributed by atoms with Gasteiger partial charge in [-0.15, -0.1) is 11.3 Å². The van der Waals surface area contributed by atoms with Gasteiger partial charge in [0, 0.05) is 21.8 Å². The van der Waals surface area contributed by atoms with Crippen LogP contribution in [0.2, 0.25) is 5.02 Å². The van der Waals surface area contributed by atoms with Crippen molar-refractivity contribution < 1.29 is 0 Å². The lowest BCUT2D eigenvalue weighted by Crippen LogP contribution is -2.04. The second-order valence-electron chi connectivity index (χ2n) is 4.95. The van der Waals surface area contributed by atoms with Crippen LogP contribution in [0.15, 0.2) is 24.4 Å². The van der Waals surface area contributed by atoms with Crippen molar-refractivity contribution in [2.75, 3.05) is 5.32 Å². The molecule has 1 aromatic carbocycles. The molecule has 5 heteroatoms. The third-order valence-corrected chi connectivity index (χ3v) is 4.52. The van der Waals surface area contributed by atoms with E-state index in [0.29, 0.717) is 0 Å². The Morgan fingerprint density at radius 2 is 2.10 bits per heavy atom. The van der Waals surface area contributed by atoms with Gasteiger partial charge in [-0.2, -0.15) is 0 Å². The van der Waals surface area contributed by atoms with Crippen LogP contribution < -0.4 is 5.32 Å². The molecule has 0 unspecified atom stereocenters. The van der Waals surface area contributed by atoms with E-state index >= 15 is 0 Å². The Kier molecular flexibility index (Phi) is 3.44. The van der Waals surface area contributed by atoms with Crippen molar-refractivity contribution in [2.24, 2.45) is 0 Å². The fourth-order valence-electron chi connectivity index (χ4n) is 2.29. The van der Waals surface area contributed by atoms with Crippen LogP contribution in [0, 0.1) is 20.8 Å². The number of imidazole rings is 1. The van der Waals surface area contributed by atoms with Gasteiger partial charge < -0.3 is 5.32 Å². The van der Waals surface area contributed by atoms with E-state index in [-0.39, 0.29) is 0 Å². The van der Waals surface area contributed by atoms with Crippen molar-refractivity contribution in [3.63, 3.8) is 0 Å². The average molecular weight is 306 g/mol. The second kappa shape index (κ2) is 5.11. The minimum absolute atomic E-state index is 0.740. The molecule has 0 aliphatic rings. The summed E-state index contributed by atoms with van der Waals surface area (Å²) in [5.41, 5.74) is 4.53. The standard InChI is InChI=1S/C15H16ClN3S/c1-9-4-5-12(16)6-13(9)17-7-14-11(3)18-15-19(14)8-10(2)20-15/h4-6,8,17H,7H2,1-3H3. The summed E-state index contributed by atoms with van der Waals surface area (Å²) in [5.74, 6) is 0. The van der Waals surface area contributed by atoms with Crippen molar-refractivity contribution in [1.29, 1.82) is 0 Å². The van der Waals surface area contributed by atoms with E-state index in [1.165, 1.54) is 16.1 Å². The molecule has 20 heavy (non-hydrogen) atoms. The number of fused-ring (bicyclic) bond motifs is 1. The van der Waals surface area contributed by atoms with E-state index in [1.807, 2.05) is 18.2 Å². The largest absolute Gasteiger partial charge is 0.379 e. The molecule has 0 radical (unpaired) electrons. The SMILES string of the molecule is Cc1cn2c(CNc3cc(Cl)ccc3C)c(C)nc2s1. The van der Waals surface area contributed by atoms with Crippen LogP contribution in [0.4, 0.5) is 5.69 Å². The number of hydrogen-bond acceptors (Lipinski definition) is 3. The average Bonchev–Trinajstić information content (AvgIpc) is 2.86. The van der Waals surface area contributed by atoms with E-state index in [2.05, 4.69) is 41.7 Å². The van der Waals surface area contributed by atoms with Gasteiger partial charge in [-0.1, -0.05) is 17.7 Å². The third-order valence-electron chi connectivity index (χ3n) is 3.39. The number of nitrogens with zero attached hydrogens (tertiary/aromatic N) is 2. The molecule has 0 fully saturated rings. The number of thiazole rings is 1. The molecule has 104 valence electrons. The number of aromatic nitrogens is 2. The van der Waals surface area contributed by atoms with Gasteiger partial charge in [-0.25, -0.2) is 4.98 Å². The maximum Gasteiger partial charge on any atom is 0.194 e. The number of halogens is 1. The van der Waals surface area contributed by atoms with E-state index < -0.39 is 0 Å². The summed E-state index contributed by atoms with van der Waals surface area (Å²) in [7, 11) is 0. The summed E-state index contributed by atoms with van der Waals surface area (Å²) in [6.45, 7) is 6.97. The first-order valence-electron chi connectivity index (χ1n) is 6.48. The monoisotopic (exact) mass is 305 g/mol. The summed E-state index contributed by atoms with van der Waals surface area (Å²) in [5, 5.41) is 4.21. The normalized spacial score (nSPS) is 11.2. The van der Waals surface area contributed by atoms with Gasteiger partial charge in [0.2, 0.25) is 0 Å². The molecule has 0 amide bonds. The molecule has 2 aromatic heterocycles. The highest BCUT2D eigenvalue weighted by Crippen LogP contribution is 2.24. The molecule has 3 aromatic rings. The van der Waals surface area contributed by atoms with Gasteiger partial charge >= 0.3 is 0 Å². The summed E-state index contributed by atoms with van der Waals surface area (Å²) in [6, 6.07) is 5.90. The smallest absolute Gasteiger partial charge is 0.194 e. The highest BCUT2D eigenvalue weighted by molar-refractivity contribution is 7.17. The van der Waals surface area contributed by atoms with Crippen LogP contribution in [-0.4, -0.2) is 9.38 Å². The molecule has 0 saturated heterocycles. The first-order chi connectivity index (χ1) is 9.54. The van der Waals surface area contributed by atoms with Crippen molar-refractivity contribution in [1.82, 2.24) is 9.38 Å². The quantitative estimate of drug-likeness (QED) is 0.767. The van der Waals surface area contributed by atoms with Crippen LogP contribution in [0.25, 0.3) is 4.96 Å². The number of benzene rings is 1. The van der Waals surface area contributed by atoms with E-state index in [0.717, 1.165) is 27.9 Å². The molecule has 2 heterocycles. The molecule has 0 aliphatic carbocycles. The van der Waals surface area contributed by atoms with Gasteiger partial charge in [-0.3, -0.25) is 4.40 Å². The van der Waals surface area contributed by atoms with Crippen molar-refractivity contribution in [3.05, 3.63) is 51.2 Å². The molecule has 3 rings (SSSR count). The lowest BCUT2D eigenvalue weighted by Gasteiger charge is -2.10. The summed E-state index contributed by atoms with van der Waals surface area (Å²) in [4.78, 5) is 6.93. The minimum atomic E-state index is 0.740. The van der Waals surface area contributed by atoms with Crippen LogP contribution in [0.1, 0.15) is 21.8 Å². The predicted molar refractivity (Wildman–Crippen MR) is 86.1 cm³/mol. The lowest BCUT2D eigenvalue weighted by atomic mass is 10.2. The molecule has 0 aliphatic heterocycles. The van der Waals surface area contributed by atoms with Crippen LogP contribution in [0.3, 0.4) is 0 Å². The van der Waals surface area contributed by atoms with Crippen molar-refractivity contribution >= 4 is 33.6 Å². The molecule has 0 spiro atoms. The Bertz CT molecular complexity index is 773. The van der Waals surface area contributed by atoms with Gasteiger partial charge in [0.05, 0.1) is 17.9 Å². The highest BCUT2D eigenvalue weighted by Gasteiger charge is 2.11. The zero-order chi connectivity index (χ0) is 14.3. The maximum atomic E-state index is 6.05. The second-order valence-corrected chi connectivity index (χ2v) is 6.60. The molecular weight excluding hydrogens is 290 g/mol. The van der Waals surface area contributed by atoms with Crippen molar-refractivity contribution in [2.45, 2.75) is 27.3 Å². The zero-order valence-electron chi connectivity index (χ0n) is 11.7. The molecule has 1 N–H and O–H groups in total. The molecule has 0 bridgehead atoms.